The summed E-state index contributed by atoms with van der Waals surface area (Å²) in [7, 11) is 0. The predicted molar refractivity (Wildman–Crippen MR) is 73.9 cm³/mol. The van der Waals surface area contributed by atoms with E-state index >= 15 is 0 Å². The van der Waals surface area contributed by atoms with Crippen LogP contribution < -0.4 is 5.32 Å². The number of aromatic nitrogens is 1. The average Bonchev–Trinajstić information content (AvgIpc) is 2.46. The standard InChI is InChI=1S/C15H18N2O2/c18-13-6-4-12(5-7-13)8-10-16-11-15(19)14-3-1-2-9-17-14/h1-7,9,15-16,18-19H,8,10-11H2. The van der Waals surface area contributed by atoms with Crippen molar-refractivity contribution in [3.63, 3.8) is 0 Å². The zero-order chi connectivity index (χ0) is 13.5. The normalized spacial score (nSPS) is 12.3. The van der Waals surface area contributed by atoms with Gasteiger partial charge in [-0.1, -0.05) is 18.2 Å². The SMILES string of the molecule is Oc1ccc(CCNCC(O)c2ccccn2)cc1. The lowest BCUT2D eigenvalue weighted by atomic mass is 10.1. The van der Waals surface area contributed by atoms with Gasteiger partial charge in [-0.3, -0.25) is 4.98 Å². The Morgan fingerprint density at radius 1 is 1.11 bits per heavy atom. The Labute approximate surface area is 112 Å². The van der Waals surface area contributed by atoms with E-state index in [9.17, 15) is 10.2 Å². The first kappa shape index (κ1) is 13.5. The predicted octanol–water partition coefficient (Wildman–Crippen LogP) is 1.65. The maximum Gasteiger partial charge on any atom is 0.115 e. The number of aliphatic hydroxyl groups excluding tert-OH is 1. The van der Waals surface area contributed by atoms with Gasteiger partial charge in [-0.25, -0.2) is 0 Å². The molecule has 0 aliphatic rings. The molecule has 4 nitrogen and oxygen atoms in total. The van der Waals surface area contributed by atoms with Crippen molar-refractivity contribution in [3.05, 3.63) is 59.9 Å². The molecule has 0 aliphatic heterocycles. The minimum Gasteiger partial charge on any atom is -0.508 e. The fourth-order valence-corrected chi connectivity index (χ4v) is 1.81. The summed E-state index contributed by atoms with van der Waals surface area (Å²) < 4.78 is 0. The van der Waals surface area contributed by atoms with Gasteiger partial charge in [0.2, 0.25) is 0 Å². The lowest BCUT2D eigenvalue weighted by molar-refractivity contribution is 0.170. The second kappa shape index (κ2) is 6.87. The van der Waals surface area contributed by atoms with Crippen molar-refractivity contribution in [1.82, 2.24) is 10.3 Å². The average molecular weight is 258 g/mol. The highest BCUT2D eigenvalue weighted by molar-refractivity contribution is 5.25. The van der Waals surface area contributed by atoms with Crippen molar-refractivity contribution in [2.24, 2.45) is 0 Å². The number of nitrogens with one attached hydrogen (secondary N) is 1. The first-order valence-corrected chi connectivity index (χ1v) is 6.33. The van der Waals surface area contributed by atoms with Gasteiger partial charge < -0.3 is 15.5 Å². The largest absolute Gasteiger partial charge is 0.508 e. The van der Waals surface area contributed by atoms with Gasteiger partial charge in [0.15, 0.2) is 0 Å². The van der Waals surface area contributed by atoms with Crippen LogP contribution in [-0.4, -0.2) is 28.3 Å². The number of pyridine rings is 1. The van der Waals surface area contributed by atoms with Gasteiger partial charge in [-0.2, -0.15) is 0 Å². The quantitative estimate of drug-likeness (QED) is 0.689. The monoisotopic (exact) mass is 258 g/mol. The minimum atomic E-state index is -0.582. The molecule has 0 aliphatic carbocycles. The van der Waals surface area contributed by atoms with Crippen LogP contribution in [0.25, 0.3) is 0 Å². The number of aliphatic hydroxyl groups is 1. The van der Waals surface area contributed by atoms with Crippen molar-refractivity contribution in [1.29, 1.82) is 0 Å². The van der Waals surface area contributed by atoms with Gasteiger partial charge in [0.05, 0.1) is 5.69 Å². The molecule has 0 amide bonds. The van der Waals surface area contributed by atoms with Gasteiger partial charge in [-0.05, 0) is 42.8 Å². The van der Waals surface area contributed by atoms with Gasteiger partial charge in [0, 0.05) is 12.7 Å². The molecule has 0 saturated carbocycles. The van der Waals surface area contributed by atoms with Crippen molar-refractivity contribution in [2.45, 2.75) is 12.5 Å². The van der Waals surface area contributed by atoms with Gasteiger partial charge in [-0.15, -0.1) is 0 Å². The summed E-state index contributed by atoms with van der Waals surface area (Å²) in [6.45, 7) is 1.25. The molecule has 4 heteroatoms. The Morgan fingerprint density at radius 3 is 2.58 bits per heavy atom. The molecule has 0 radical (unpaired) electrons. The van der Waals surface area contributed by atoms with E-state index in [-0.39, 0.29) is 5.75 Å². The molecule has 3 N–H and O–H groups in total. The second-order valence-corrected chi connectivity index (χ2v) is 4.39. The number of hydrogen-bond acceptors (Lipinski definition) is 4. The Bertz CT molecular complexity index is 485. The lowest BCUT2D eigenvalue weighted by Crippen LogP contribution is -2.24. The number of hydrogen-bond donors (Lipinski definition) is 3. The van der Waals surface area contributed by atoms with Crippen LogP contribution in [-0.2, 0) is 6.42 Å². The van der Waals surface area contributed by atoms with Gasteiger partial charge in [0.25, 0.3) is 0 Å². The molecule has 2 aromatic rings. The molecule has 100 valence electrons. The number of benzene rings is 1. The molecule has 0 bridgehead atoms. The van der Waals surface area contributed by atoms with Crippen LogP contribution in [0.15, 0.2) is 48.7 Å². The van der Waals surface area contributed by atoms with E-state index in [1.165, 1.54) is 0 Å². The van der Waals surface area contributed by atoms with E-state index in [0.29, 0.717) is 12.2 Å². The lowest BCUT2D eigenvalue weighted by Gasteiger charge is -2.11. The van der Waals surface area contributed by atoms with Crippen molar-refractivity contribution in [2.75, 3.05) is 13.1 Å². The number of nitrogens with zero attached hydrogens (tertiary/aromatic N) is 1. The zero-order valence-electron chi connectivity index (χ0n) is 10.7. The highest BCUT2D eigenvalue weighted by Gasteiger charge is 2.06. The number of phenolic OH excluding ortho intramolecular Hbond substituents is 1. The van der Waals surface area contributed by atoms with Gasteiger partial charge in [0.1, 0.15) is 11.9 Å². The first-order chi connectivity index (χ1) is 9.25. The Balaban J connectivity index is 1.71. The molecule has 0 spiro atoms. The third-order valence-electron chi connectivity index (χ3n) is 2.89. The van der Waals surface area contributed by atoms with E-state index < -0.39 is 6.10 Å². The molecule has 0 fully saturated rings. The number of phenols is 1. The van der Waals surface area contributed by atoms with E-state index in [2.05, 4.69) is 10.3 Å². The molecule has 0 saturated heterocycles. The molecule has 2 rings (SSSR count). The summed E-state index contributed by atoms with van der Waals surface area (Å²) in [5, 5.41) is 22.3. The molecule has 1 unspecified atom stereocenters. The van der Waals surface area contributed by atoms with Crippen molar-refractivity contribution in [3.8, 4) is 5.75 Å². The first-order valence-electron chi connectivity index (χ1n) is 6.33. The smallest absolute Gasteiger partial charge is 0.115 e. The Morgan fingerprint density at radius 2 is 1.89 bits per heavy atom. The molecule has 1 aromatic heterocycles. The Kier molecular flexibility index (Phi) is 4.89. The van der Waals surface area contributed by atoms with Crippen LogP contribution in [0.3, 0.4) is 0 Å². The van der Waals surface area contributed by atoms with Crippen LogP contribution in [0, 0.1) is 0 Å². The minimum absolute atomic E-state index is 0.280. The Hall–Kier alpha value is -1.91. The van der Waals surface area contributed by atoms with Crippen molar-refractivity contribution < 1.29 is 10.2 Å². The fourth-order valence-electron chi connectivity index (χ4n) is 1.81. The van der Waals surface area contributed by atoms with Crippen LogP contribution in [0.5, 0.6) is 5.75 Å². The summed E-state index contributed by atoms with van der Waals surface area (Å²) >= 11 is 0. The highest BCUT2D eigenvalue weighted by Crippen LogP contribution is 2.10. The molecule has 1 heterocycles. The summed E-state index contributed by atoms with van der Waals surface area (Å²) in [5.41, 5.74) is 1.83. The molecule has 1 aromatic carbocycles. The van der Waals surface area contributed by atoms with E-state index in [1.807, 2.05) is 30.3 Å². The van der Waals surface area contributed by atoms with E-state index in [4.69, 9.17) is 0 Å². The van der Waals surface area contributed by atoms with Crippen LogP contribution in [0.2, 0.25) is 0 Å². The number of rotatable bonds is 6. The van der Waals surface area contributed by atoms with Crippen LogP contribution in [0.4, 0.5) is 0 Å². The summed E-state index contributed by atoms with van der Waals surface area (Å²) in [4.78, 5) is 4.11. The fraction of sp³-hybridized carbons (Fsp3) is 0.267. The third-order valence-corrected chi connectivity index (χ3v) is 2.89. The van der Waals surface area contributed by atoms with E-state index in [0.717, 1.165) is 18.5 Å². The summed E-state index contributed by atoms with van der Waals surface area (Å²) in [6.07, 6.45) is 1.95. The van der Waals surface area contributed by atoms with Crippen LogP contribution >= 0.6 is 0 Å². The molecular formula is C15H18N2O2. The second-order valence-electron chi connectivity index (χ2n) is 4.39. The highest BCUT2D eigenvalue weighted by atomic mass is 16.3. The topological polar surface area (TPSA) is 65.4 Å². The number of aromatic hydroxyl groups is 1. The zero-order valence-corrected chi connectivity index (χ0v) is 10.7. The maximum absolute atomic E-state index is 9.90. The van der Waals surface area contributed by atoms with E-state index in [1.54, 1.807) is 18.3 Å². The van der Waals surface area contributed by atoms with Crippen molar-refractivity contribution >= 4 is 0 Å². The molecule has 19 heavy (non-hydrogen) atoms. The summed E-state index contributed by atoms with van der Waals surface area (Å²) in [5.74, 6) is 0.280. The summed E-state index contributed by atoms with van der Waals surface area (Å²) in [6, 6.07) is 12.7. The van der Waals surface area contributed by atoms with Gasteiger partial charge >= 0.3 is 0 Å². The molecule has 1 atom stereocenters. The molecular weight excluding hydrogens is 240 g/mol. The third kappa shape index (κ3) is 4.35. The van der Waals surface area contributed by atoms with Crippen LogP contribution in [0.1, 0.15) is 17.4 Å². The maximum atomic E-state index is 9.90.